The van der Waals surface area contributed by atoms with Gasteiger partial charge >= 0.3 is 0 Å². The van der Waals surface area contributed by atoms with E-state index in [1.54, 1.807) is 18.2 Å². The van der Waals surface area contributed by atoms with E-state index in [9.17, 15) is 9.90 Å². The van der Waals surface area contributed by atoms with Crippen LogP contribution in [0.2, 0.25) is 0 Å². The van der Waals surface area contributed by atoms with Crippen LogP contribution in [0.25, 0.3) is 6.08 Å². The van der Waals surface area contributed by atoms with E-state index < -0.39 is 5.97 Å². The summed E-state index contributed by atoms with van der Waals surface area (Å²) in [6.07, 6.45) is 2.23. The van der Waals surface area contributed by atoms with Gasteiger partial charge < -0.3 is 9.90 Å². The first-order chi connectivity index (χ1) is 7.17. The second-order valence-corrected chi connectivity index (χ2v) is 3.05. The quantitative estimate of drug-likeness (QED) is 0.538. The van der Waals surface area contributed by atoms with Crippen molar-refractivity contribution in [3.8, 4) is 6.07 Å². The van der Waals surface area contributed by atoms with E-state index in [1.165, 1.54) is 11.6 Å². The van der Waals surface area contributed by atoms with Crippen LogP contribution in [-0.2, 0) is 11.2 Å². The molecule has 0 N–H and O–H groups in total. The molecule has 0 bridgehead atoms. The van der Waals surface area contributed by atoms with Gasteiger partial charge in [-0.15, -0.1) is 0 Å². The monoisotopic (exact) mass is 200 g/mol. The third kappa shape index (κ3) is 2.96. The predicted octanol–water partition coefficient (Wildman–Crippen LogP) is 0.906. The van der Waals surface area contributed by atoms with Gasteiger partial charge in [-0.1, -0.05) is 31.2 Å². The van der Waals surface area contributed by atoms with Crippen molar-refractivity contribution >= 4 is 12.0 Å². The van der Waals surface area contributed by atoms with E-state index in [4.69, 9.17) is 5.26 Å². The van der Waals surface area contributed by atoms with Crippen molar-refractivity contribution in [2.24, 2.45) is 0 Å². The summed E-state index contributed by atoms with van der Waals surface area (Å²) in [7, 11) is 0. The highest BCUT2D eigenvalue weighted by Crippen LogP contribution is 2.09. The zero-order valence-corrected chi connectivity index (χ0v) is 8.36. The molecule has 3 heteroatoms. The molecule has 1 aromatic carbocycles. The molecule has 0 aliphatic heterocycles. The first-order valence-electron chi connectivity index (χ1n) is 4.59. The standard InChI is InChI=1S/C12H11NO2/c1-2-9-3-5-10(6-4-9)7-11(8-13)12(14)15/h3-7H,2H2,1H3,(H,14,15)/p-1/b11-7+. The Hall–Kier alpha value is -2.08. The molecule has 0 saturated heterocycles. The van der Waals surface area contributed by atoms with E-state index >= 15 is 0 Å². The van der Waals surface area contributed by atoms with Crippen molar-refractivity contribution in [3.63, 3.8) is 0 Å². The summed E-state index contributed by atoms with van der Waals surface area (Å²) in [5.74, 6) is -1.45. The molecular weight excluding hydrogens is 190 g/mol. The number of carbonyl (C=O) groups is 1. The lowest BCUT2D eigenvalue weighted by atomic mass is 10.1. The lowest BCUT2D eigenvalue weighted by Crippen LogP contribution is -2.23. The lowest BCUT2D eigenvalue weighted by molar-refractivity contribution is -0.298. The second kappa shape index (κ2) is 4.97. The molecule has 1 aromatic rings. The van der Waals surface area contributed by atoms with Gasteiger partial charge in [0.05, 0.1) is 11.5 Å². The number of hydrogen-bond donors (Lipinski definition) is 0. The number of carboxylic acids is 1. The maximum atomic E-state index is 10.5. The van der Waals surface area contributed by atoms with Crippen LogP contribution in [0.15, 0.2) is 29.8 Å². The fraction of sp³-hybridized carbons (Fsp3) is 0.167. The first-order valence-corrected chi connectivity index (χ1v) is 4.59. The smallest absolute Gasteiger partial charge is 0.101 e. The molecule has 0 saturated carbocycles. The van der Waals surface area contributed by atoms with Crippen molar-refractivity contribution in [2.75, 3.05) is 0 Å². The number of aryl methyl sites for hydroxylation is 1. The van der Waals surface area contributed by atoms with Gasteiger partial charge in [0, 0.05) is 0 Å². The van der Waals surface area contributed by atoms with Crippen molar-refractivity contribution in [3.05, 3.63) is 41.0 Å². The highest BCUT2D eigenvalue weighted by atomic mass is 16.4. The van der Waals surface area contributed by atoms with Crippen LogP contribution in [0.3, 0.4) is 0 Å². The number of nitrogens with zero attached hydrogens (tertiary/aromatic N) is 1. The Morgan fingerprint density at radius 1 is 1.47 bits per heavy atom. The Bertz CT molecular complexity index is 424. The van der Waals surface area contributed by atoms with Crippen LogP contribution in [0.1, 0.15) is 18.1 Å². The van der Waals surface area contributed by atoms with E-state index in [0.29, 0.717) is 5.56 Å². The highest BCUT2D eigenvalue weighted by Gasteiger charge is 1.96. The summed E-state index contributed by atoms with van der Waals surface area (Å²) in [6.45, 7) is 2.03. The number of hydrogen-bond acceptors (Lipinski definition) is 3. The Morgan fingerprint density at radius 2 is 2.07 bits per heavy atom. The molecule has 0 amide bonds. The molecule has 15 heavy (non-hydrogen) atoms. The minimum atomic E-state index is -1.45. The van der Waals surface area contributed by atoms with Crippen molar-refractivity contribution in [1.29, 1.82) is 5.26 Å². The molecule has 0 spiro atoms. The molecule has 3 nitrogen and oxygen atoms in total. The molecule has 0 fully saturated rings. The van der Waals surface area contributed by atoms with E-state index in [-0.39, 0.29) is 5.57 Å². The SMILES string of the molecule is CCc1ccc(/C=C(\C#N)C(=O)[O-])cc1. The van der Waals surface area contributed by atoms with Crippen LogP contribution >= 0.6 is 0 Å². The van der Waals surface area contributed by atoms with Gasteiger partial charge in [0.25, 0.3) is 0 Å². The number of carboxylic acid groups (broad SMARTS) is 1. The minimum Gasteiger partial charge on any atom is -0.544 e. The molecule has 0 atom stereocenters. The van der Waals surface area contributed by atoms with E-state index in [2.05, 4.69) is 0 Å². The molecular formula is C12H10NO2-. The molecule has 0 aromatic heterocycles. The average molecular weight is 200 g/mol. The van der Waals surface area contributed by atoms with Crippen LogP contribution in [0.5, 0.6) is 0 Å². The maximum Gasteiger partial charge on any atom is 0.101 e. The first kappa shape index (κ1) is 11.0. The molecule has 1 rings (SSSR count). The van der Waals surface area contributed by atoms with Gasteiger partial charge in [-0.3, -0.25) is 0 Å². The fourth-order valence-corrected chi connectivity index (χ4v) is 1.15. The number of rotatable bonds is 3. The van der Waals surface area contributed by atoms with E-state index in [0.717, 1.165) is 6.42 Å². The van der Waals surface area contributed by atoms with Gasteiger partial charge in [-0.25, -0.2) is 0 Å². The van der Waals surface area contributed by atoms with Gasteiger partial charge in [0.15, 0.2) is 0 Å². The zero-order chi connectivity index (χ0) is 11.3. The fourth-order valence-electron chi connectivity index (χ4n) is 1.15. The van der Waals surface area contributed by atoms with E-state index in [1.807, 2.05) is 19.1 Å². The Morgan fingerprint density at radius 3 is 2.47 bits per heavy atom. The van der Waals surface area contributed by atoms with Crippen molar-refractivity contribution < 1.29 is 9.90 Å². The minimum absolute atomic E-state index is 0.362. The summed E-state index contributed by atoms with van der Waals surface area (Å²) in [6, 6.07) is 8.93. The normalized spacial score (nSPS) is 10.8. The third-order valence-electron chi connectivity index (χ3n) is 2.04. The number of carbonyl (C=O) groups excluding carboxylic acids is 1. The predicted molar refractivity (Wildman–Crippen MR) is 54.4 cm³/mol. The summed E-state index contributed by atoms with van der Waals surface area (Å²) >= 11 is 0. The van der Waals surface area contributed by atoms with Crippen molar-refractivity contribution in [1.82, 2.24) is 0 Å². The van der Waals surface area contributed by atoms with Gasteiger partial charge in [-0.2, -0.15) is 5.26 Å². The third-order valence-corrected chi connectivity index (χ3v) is 2.04. The summed E-state index contributed by atoms with van der Waals surface area (Å²) in [5.41, 5.74) is 1.49. The number of nitriles is 1. The highest BCUT2D eigenvalue weighted by molar-refractivity contribution is 5.94. The van der Waals surface area contributed by atoms with Crippen molar-refractivity contribution in [2.45, 2.75) is 13.3 Å². The largest absolute Gasteiger partial charge is 0.544 e. The average Bonchev–Trinajstić information content (AvgIpc) is 2.26. The molecule has 0 radical (unpaired) electrons. The molecule has 0 aliphatic carbocycles. The Labute approximate surface area is 88.3 Å². The number of benzene rings is 1. The Kier molecular flexibility index (Phi) is 3.64. The van der Waals surface area contributed by atoms with Gasteiger partial charge in [0.1, 0.15) is 6.07 Å². The summed E-state index contributed by atoms with van der Waals surface area (Å²) < 4.78 is 0. The summed E-state index contributed by atoms with van der Waals surface area (Å²) in [5, 5.41) is 19.0. The number of aliphatic carboxylic acids is 1. The zero-order valence-electron chi connectivity index (χ0n) is 8.36. The Balaban J connectivity index is 2.98. The van der Waals surface area contributed by atoms with Gasteiger partial charge in [0.2, 0.25) is 0 Å². The van der Waals surface area contributed by atoms with Crippen LogP contribution in [-0.4, -0.2) is 5.97 Å². The van der Waals surface area contributed by atoms with Gasteiger partial charge in [-0.05, 0) is 23.6 Å². The molecule has 0 heterocycles. The maximum absolute atomic E-state index is 10.5. The lowest BCUT2D eigenvalue weighted by Gasteiger charge is -2.00. The second-order valence-electron chi connectivity index (χ2n) is 3.05. The van der Waals surface area contributed by atoms with Crippen LogP contribution in [0.4, 0.5) is 0 Å². The molecule has 0 aliphatic rings. The topological polar surface area (TPSA) is 63.9 Å². The summed E-state index contributed by atoms with van der Waals surface area (Å²) in [4.78, 5) is 10.5. The van der Waals surface area contributed by atoms with Crippen LogP contribution in [0, 0.1) is 11.3 Å². The van der Waals surface area contributed by atoms with Crippen LogP contribution < -0.4 is 5.11 Å². The molecule has 76 valence electrons. The molecule has 0 unspecified atom stereocenters.